The van der Waals surface area contributed by atoms with Crippen LogP contribution in [0.1, 0.15) is 45.0 Å². The Kier molecular flexibility index (Phi) is 7.95. The smallest absolute Gasteiger partial charge is 0.243 e. The predicted octanol–water partition coefficient (Wildman–Crippen LogP) is 4.33. The number of fused-ring (bicyclic) bond motifs is 1. The molecule has 0 unspecified atom stereocenters. The molecule has 0 aliphatic carbocycles. The van der Waals surface area contributed by atoms with Crippen LogP contribution >= 0.6 is 0 Å². The normalized spacial score (nSPS) is 11.6. The molecule has 0 atom stereocenters. The van der Waals surface area contributed by atoms with E-state index in [2.05, 4.69) is 17.6 Å². The number of aromatic nitrogens is 2. The quantitative estimate of drug-likeness (QED) is 0.414. The van der Waals surface area contributed by atoms with Crippen molar-refractivity contribution in [3.8, 4) is 17.6 Å². The molecule has 0 saturated heterocycles. The molecule has 1 heterocycles. The molecule has 0 fully saturated rings. The number of nitrogens with zero attached hydrogens (tertiary/aromatic N) is 4. The van der Waals surface area contributed by atoms with Gasteiger partial charge in [0.2, 0.25) is 10.0 Å². The van der Waals surface area contributed by atoms with E-state index in [-0.39, 0.29) is 11.5 Å². The minimum Gasteiger partial charge on any atom is -0.493 e. The monoisotopic (exact) mass is 470 g/mol. The van der Waals surface area contributed by atoms with Gasteiger partial charge in [-0.3, -0.25) is 0 Å². The van der Waals surface area contributed by atoms with Crippen molar-refractivity contribution in [3.05, 3.63) is 47.8 Å². The summed E-state index contributed by atoms with van der Waals surface area (Å²) >= 11 is 0. The van der Waals surface area contributed by atoms with E-state index < -0.39 is 10.0 Å². The van der Waals surface area contributed by atoms with Crippen molar-refractivity contribution in [1.29, 1.82) is 5.26 Å². The van der Waals surface area contributed by atoms with Gasteiger partial charge in [-0.1, -0.05) is 27.2 Å². The van der Waals surface area contributed by atoms with Crippen LogP contribution in [0.25, 0.3) is 11.0 Å². The molecule has 3 aromatic rings. The van der Waals surface area contributed by atoms with Gasteiger partial charge in [0.15, 0.2) is 11.5 Å². The second-order valence-electron chi connectivity index (χ2n) is 7.54. The van der Waals surface area contributed by atoms with E-state index in [1.54, 1.807) is 30.3 Å². The summed E-state index contributed by atoms with van der Waals surface area (Å²) in [5, 5.41) is 9.10. The zero-order valence-electron chi connectivity index (χ0n) is 19.5. The Morgan fingerprint density at radius 3 is 2.48 bits per heavy atom. The standard InChI is InChI=1S/C24H30N4O4S/c1-5-8-13-28-21-11-10-19(33(29,30)27(6-2)7-3)15-20(21)26-24(28)17-32-22-12-9-18(16-25)14-23(22)31-4/h9-12,14-15H,5-8,13,17H2,1-4H3. The number of unbranched alkanes of at least 4 members (excludes halogenated alkanes) is 1. The molecule has 2 aromatic carbocycles. The van der Waals surface area contributed by atoms with Crippen LogP contribution in [0.4, 0.5) is 0 Å². The number of ether oxygens (including phenoxy) is 2. The van der Waals surface area contributed by atoms with Crippen molar-refractivity contribution in [2.75, 3.05) is 20.2 Å². The molecular formula is C24H30N4O4S. The molecule has 0 amide bonds. The number of imidazole rings is 1. The van der Waals surface area contributed by atoms with Crippen LogP contribution in [0.3, 0.4) is 0 Å². The first-order valence-electron chi connectivity index (χ1n) is 11.1. The molecule has 0 bridgehead atoms. The molecular weight excluding hydrogens is 440 g/mol. The average molecular weight is 471 g/mol. The topological polar surface area (TPSA) is 97.5 Å². The molecule has 0 aliphatic heterocycles. The van der Waals surface area contributed by atoms with E-state index in [4.69, 9.17) is 19.7 Å². The van der Waals surface area contributed by atoms with Crippen LogP contribution < -0.4 is 9.47 Å². The third-order valence-electron chi connectivity index (χ3n) is 5.53. The maximum Gasteiger partial charge on any atom is 0.243 e. The molecule has 9 heteroatoms. The first kappa shape index (κ1) is 24.6. The number of rotatable bonds is 11. The lowest BCUT2D eigenvalue weighted by atomic mass is 10.2. The van der Waals surface area contributed by atoms with Gasteiger partial charge in [-0.2, -0.15) is 9.57 Å². The lowest BCUT2D eigenvalue weighted by Gasteiger charge is -2.18. The SMILES string of the molecule is CCCCn1c(COc2ccc(C#N)cc2OC)nc2cc(S(=O)(=O)N(CC)CC)ccc21. The van der Waals surface area contributed by atoms with Gasteiger partial charge in [-0.25, -0.2) is 13.4 Å². The third-order valence-corrected chi connectivity index (χ3v) is 7.57. The summed E-state index contributed by atoms with van der Waals surface area (Å²) in [6.07, 6.45) is 1.97. The molecule has 1 aromatic heterocycles. The molecule has 0 radical (unpaired) electrons. The fraction of sp³-hybridized carbons (Fsp3) is 0.417. The van der Waals surface area contributed by atoms with Crippen LogP contribution in [0.5, 0.6) is 11.5 Å². The fourth-order valence-corrected chi connectivity index (χ4v) is 5.19. The van der Waals surface area contributed by atoms with Crippen LogP contribution in [0.15, 0.2) is 41.3 Å². The number of benzene rings is 2. The highest BCUT2D eigenvalue weighted by atomic mass is 32.2. The maximum atomic E-state index is 13.0. The van der Waals surface area contributed by atoms with Gasteiger partial charge in [0.05, 0.1) is 34.7 Å². The number of nitriles is 1. The van der Waals surface area contributed by atoms with Crippen LogP contribution in [-0.2, 0) is 23.2 Å². The molecule has 33 heavy (non-hydrogen) atoms. The van der Waals surface area contributed by atoms with Crippen molar-refractivity contribution in [3.63, 3.8) is 0 Å². The maximum absolute atomic E-state index is 13.0. The minimum absolute atomic E-state index is 0.179. The van der Waals surface area contributed by atoms with Crippen molar-refractivity contribution in [1.82, 2.24) is 13.9 Å². The fourth-order valence-electron chi connectivity index (χ4n) is 3.71. The first-order chi connectivity index (χ1) is 15.9. The molecule has 0 aliphatic rings. The van der Waals surface area contributed by atoms with Gasteiger partial charge >= 0.3 is 0 Å². The van der Waals surface area contributed by atoms with Gasteiger partial charge in [0.1, 0.15) is 12.4 Å². The van der Waals surface area contributed by atoms with Gasteiger partial charge in [0, 0.05) is 25.7 Å². The number of methoxy groups -OCH3 is 1. The Balaban J connectivity index is 1.98. The number of aryl methyl sites for hydroxylation is 1. The minimum atomic E-state index is -3.57. The van der Waals surface area contributed by atoms with Crippen molar-refractivity contribution in [2.24, 2.45) is 0 Å². The summed E-state index contributed by atoms with van der Waals surface area (Å²) < 4.78 is 40.8. The van der Waals surface area contributed by atoms with Gasteiger partial charge in [-0.15, -0.1) is 0 Å². The second kappa shape index (κ2) is 10.7. The number of hydrogen-bond acceptors (Lipinski definition) is 6. The molecule has 0 N–H and O–H groups in total. The lowest BCUT2D eigenvalue weighted by Crippen LogP contribution is -2.30. The van der Waals surface area contributed by atoms with E-state index in [0.717, 1.165) is 24.9 Å². The zero-order valence-corrected chi connectivity index (χ0v) is 20.4. The van der Waals surface area contributed by atoms with Crippen LogP contribution in [0.2, 0.25) is 0 Å². The summed E-state index contributed by atoms with van der Waals surface area (Å²) in [6, 6.07) is 12.2. The summed E-state index contributed by atoms with van der Waals surface area (Å²) in [6.45, 7) is 7.52. The third kappa shape index (κ3) is 5.13. The van der Waals surface area contributed by atoms with E-state index in [9.17, 15) is 8.42 Å². The van der Waals surface area contributed by atoms with Crippen LogP contribution in [-0.4, -0.2) is 42.5 Å². The van der Waals surface area contributed by atoms with E-state index in [1.165, 1.54) is 11.4 Å². The van der Waals surface area contributed by atoms with E-state index in [0.29, 0.717) is 41.5 Å². The second-order valence-corrected chi connectivity index (χ2v) is 9.48. The molecule has 3 rings (SSSR count). The largest absolute Gasteiger partial charge is 0.493 e. The average Bonchev–Trinajstić information content (AvgIpc) is 3.18. The molecule has 0 spiro atoms. The summed E-state index contributed by atoms with van der Waals surface area (Å²) in [4.78, 5) is 4.95. The molecule has 176 valence electrons. The Bertz CT molecular complexity index is 1260. The van der Waals surface area contributed by atoms with Gasteiger partial charge in [-0.05, 0) is 36.8 Å². The highest BCUT2D eigenvalue weighted by Gasteiger charge is 2.23. The summed E-state index contributed by atoms with van der Waals surface area (Å²) in [5.41, 5.74) is 1.97. The van der Waals surface area contributed by atoms with E-state index in [1.807, 2.05) is 19.9 Å². The van der Waals surface area contributed by atoms with Crippen molar-refractivity contribution < 1.29 is 17.9 Å². The highest BCUT2D eigenvalue weighted by molar-refractivity contribution is 7.89. The Hall–Kier alpha value is -3.09. The summed E-state index contributed by atoms with van der Waals surface area (Å²) in [5.74, 6) is 1.68. The molecule has 0 saturated carbocycles. The Labute approximate surface area is 195 Å². The first-order valence-corrected chi connectivity index (χ1v) is 12.5. The predicted molar refractivity (Wildman–Crippen MR) is 127 cm³/mol. The van der Waals surface area contributed by atoms with Gasteiger partial charge < -0.3 is 14.0 Å². The summed E-state index contributed by atoms with van der Waals surface area (Å²) in [7, 11) is -2.05. The number of hydrogen-bond donors (Lipinski definition) is 0. The number of sulfonamides is 1. The molecule has 8 nitrogen and oxygen atoms in total. The van der Waals surface area contributed by atoms with E-state index >= 15 is 0 Å². The zero-order chi connectivity index (χ0) is 24.0. The Morgan fingerprint density at radius 1 is 1.09 bits per heavy atom. The van der Waals surface area contributed by atoms with Crippen molar-refractivity contribution >= 4 is 21.1 Å². The highest BCUT2D eigenvalue weighted by Crippen LogP contribution is 2.29. The van der Waals surface area contributed by atoms with Crippen molar-refractivity contribution in [2.45, 2.75) is 51.7 Å². The van der Waals surface area contributed by atoms with Gasteiger partial charge in [0.25, 0.3) is 0 Å². The lowest BCUT2D eigenvalue weighted by molar-refractivity contribution is 0.271. The van der Waals surface area contributed by atoms with Crippen LogP contribution in [0, 0.1) is 11.3 Å². The Morgan fingerprint density at radius 2 is 1.85 bits per heavy atom.